The molecule has 0 fully saturated rings. The summed E-state index contributed by atoms with van der Waals surface area (Å²) in [6, 6.07) is 7.70. The van der Waals surface area contributed by atoms with Gasteiger partial charge in [0.05, 0.1) is 12.6 Å². The Morgan fingerprint density at radius 3 is 2.17 bits per heavy atom. The van der Waals surface area contributed by atoms with Crippen LogP contribution in [0.3, 0.4) is 0 Å². The molecule has 0 aromatic heterocycles. The van der Waals surface area contributed by atoms with E-state index in [1.54, 1.807) is 0 Å². The maximum atomic E-state index is 12.0. The van der Waals surface area contributed by atoms with E-state index in [0.29, 0.717) is 5.92 Å². The van der Waals surface area contributed by atoms with Crippen LogP contribution in [-0.2, 0) is 4.79 Å². The molecular weight excluding hydrogens is 312 g/mol. The third-order valence-corrected chi connectivity index (χ3v) is 3.91. The summed E-state index contributed by atoms with van der Waals surface area (Å²) in [6.07, 6.45) is 1.05. The van der Waals surface area contributed by atoms with Gasteiger partial charge in [0.1, 0.15) is 5.75 Å². The number of hydrogen-bond acceptors (Lipinski definition) is 3. The molecule has 3 atom stereocenters. The molecule has 4 nitrogen and oxygen atoms in total. The Balaban J connectivity index is 0.00000484. The highest BCUT2D eigenvalue weighted by molar-refractivity contribution is 5.85. The van der Waals surface area contributed by atoms with E-state index in [2.05, 4.69) is 19.2 Å². The normalized spacial score (nSPS) is 14.6. The van der Waals surface area contributed by atoms with Crippen molar-refractivity contribution in [1.82, 2.24) is 5.32 Å². The van der Waals surface area contributed by atoms with E-state index in [4.69, 9.17) is 10.5 Å². The zero-order chi connectivity index (χ0) is 16.7. The molecule has 3 unspecified atom stereocenters. The van der Waals surface area contributed by atoms with Crippen LogP contribution in [0.1, 0.15) is 52.6 Å². The summed E-state index contributed by atoms with van der Waals surface area (Å²) in [7, 11) is 0. The fourth-order valence-corrected chi connectivity index (χ4v) is 1.93. The molecule has 0 radical (unpaired) electrons. The second kappa shape index (κ2) is 10.5. The second-order valence-electron chi connectivity index (χ2n) is 6.48. The van der Waals surface area contributed by atoms with E-state index in [0.717, 1.165) is 24.3 Å². The Labute approximate surface area is 146 Å². The van der Waals surface area contributed by atoms with Gasteiger partial charge >= 0.3 is 0 Å². The molecule has 1 aromatic rings. The van der Waals surface area contributed by atoms with Crippen LogP contribution >= 0.6 is 12.4 Å². The standard InChI is InChI=1S/C18H30N2O2.ClH/c1-12(2)10-11-22-17-8-6-16(7-9-17)15(5)20-18(21)13(3)14(4)19;/h6-9,12-15H,10-11,19H2,1-5H3,(H,20,21);1H. The molecule has 5 heteroatoms. The minimum atomic E-state index is -0.193. The molecule has 0 aliphatic rings. The molecule has 3 N–H and O–H groups in total. The summed E-state index contributed by atoms with van der Waals surface area (Å²) >= 11 is 0. The number of hydrogen-bond donors (Lipinski definition) is 2. The highest BCUT2D eigenvalue weighted by atomic mass is 35.5. The van der Waals surface area contributed by atoms with E-state index < -0.39 is 0 Å². The predicted octanol–water partition coefficient (Wildman–Crippen LogP) is 3.69. The highest BCUT2D eigenvalue weighted by Gasteiger charge is 2.19. The third kappa shape index (κ3) is 7.71. The first-order valence-electron chi connectivity index (χ1n) is 8.10. The van der Waals surface area contributed by atoms with Crippen molar-refractivity contribution >= 4 is 18.3 Å². The lowest BCUT2D eigenvalue weighted by Gasteiger charge is -2.20. The summed E-state index contributed by atoms with van der Waals surface area (Å²) in [5.41, 5.74) is 6.82. The average molecular weight is 343 g/mol. The van der Waals surface area contributed by atoms with E-state index in [9.17, 15) is 4.79 Å². The summed E-state index contributed by atoms with van der Waals surface area (Å²) in [5.74, 6) is 1.30. The van der Waals surface area contributed by atoms with Crippen LogP contribution in [0.2, 0.25) is 0 Å². The van der Waals surface area contributed by atoms with Crippen LogP contribution in [-0.4, -0.2) is 18.6 Å². The maximum absolute atomic E-state index is 12.0. The molecule has 0 saturated carbocycles. The van der Waals surface area contributed by atoms with Crippen LogP contribution in [0.5, 0.6) is 5.75 Å². The van der Waals surface area contributed by atoms with Crippen molar-refractivity contribution in [2.75, 3.05) is 6.61 Å². The Hall–Kier alpha value is -1.26. The quantitative estimate of drug-likeness (QED) is 0.757. The number of rotatable bonds is 8. The molecule has 0 spiro atoms. The van der Waals surface area contributed by atoms with Crippen molar-refractivity contribution < 1.29 is 9.53 Å². The molecule has 0 saturated heterocycles. The average Bonchev–Trinajstić information content (AvgIpc) is 2.46. The Kier molecular flexibility index (Phi) is 9.93. The van der Waals surface area contributed by atoms with Crippen molar-refractivity contribution in [3.05, 3.63) is 29.8 Å². The van der Waals surface area contributed by atoms with Gasteiger partial charge in [-0.1, -0.05) is 32.9 Å². The van der Waals surface area contributed by atoms with Crippen molar-refractivity contribution in [2.24, 2.45) is 17.6 Å². The molecule has 0 aliphatic carbocycles. The largest absolute Gasteiger partial charge is 0.494 e. The molecule has 1 amide bonds. The van der Waals surface area contributed by atoms with E-state index >= 15 is 0 Å². The summed E-state index contributed by atoms with van der Waals surface area (Å²) in [5, 5.41) is 3.00. The fourth-order valence-electron chi connectivity index (χ4n) is 1.93. The van der Waals surface area contributed by atoms with Crippen molar-refractivity contribution in [2.45, 2.75) is 53.1 Å². The SMILES string of the molecule is CC(C)CCOc1ccc(C(C)NC(=O)C(C)C(C)N)cc1.Cl. The van der Waals surface area contributed by atoms with Crippen molar-refractivity contribution in [3.63, 3.8) is 0 Å². The number of carbonyl (C=O) groups is 1. The van der Waals surface area contributed by atoms with Gasteiger partial charge in [0.15, 0.2) is 0 Å². The Morgan fingerprint density at radius 1 is 1.13 bits per heavy atom. The molecule has 23 heavy (non-hydrogen) atoms. The molecule has 1 rings (SSSR count). The number of carbonyl (C=O) groups excluding carboxylic acids is 1. The van der Waals surface area contributed by atoms with Gasteiger partial charge in [-0.15, -0.1) is 12.4 Å². The van der Waals surface area contributed by atoms with Gasteiger partial charge in [0.25, 0.3) is 0 Å². The summed E-state index contributed by atoms with van der Waals surface area (Å²) in [6.45, 7) is 10.8. The maximum Gasteiger partial charge on any atom is 0.224 e. The molecule has 0 aliphatic heterocycles. The molecule has 132 valence electrons. The van der Waals surface area contributed by atoms with Crippen LogP contribution in [0.25, 0.3) is 0 Å². The van der Waals surface area contributed by atoms with Crippen molar-refractivity contribution in [1.29, 1.82) is 0 Å². The lowest BCUT2D eigenvalue weighted by molar-refractivity contribution is -0.125. The van der Waals surface area contributed by atoms with Gasteiger partial charge in [-0.2, -0.15) is 0 Å². The van der Waals surface area contributed by atoms with Gasteiger partial charge in [-0.3, -0.25) is 4.79 Å². The molecule has 1 aromatic carbocycles. The Morgan fingerprint density at radius 2 is 1.70 bits per heavy atom. The van der Waals surface area contributed by atoms with Crippen LogP contribution in [0.15, 0.2) is 24.3 Å². The van der Waals surface area contributed by atoms with Crippen molar-refractivity contribution in [3.8, 4) is 5.75 Å². The van der Waals surface area contributed by atoms with Crippen LogP contribution < -0.4 is 15.8 Å². The second-order valence-corrected chi connectivity index (χ2v) is 6.48. The van der Waals surface area contributed by atoms with Crippen LogP contribution in [0.4, 0.5) is 0 Å². The number of nitrogens with two attached hydrogens (primary N) is 1. The van der Waals surface area contributed by atoms with Gasteiger partial charge in [-0.25, -0.2) is 0 Å². The van der Waals surface area contributed by atoms with Gasteiger partial charge in [-0.05, 0) is 43.9 Å². The number of amides is 1. The topological polar surface area (TPSA) is 64.3 Å². The number of benzene rings is 1. The smallest absolute Gasteiger partial charge is 0.224 e. The number of nitrogens with one attached hydrogen (secondary N) is 1. The zero-order valence-corrected chi connectivity index (χ0v) is 15.7. The first-order chi connectivity index (χ1) is 10.3. The van der Waals surface area contributed by atoms with Gasteiger partial charge in [0.2, 0.25) is 5.91 Å². The summed E-state index contributed by atoms with van der Waals surface area (Å²) < 4.78 is 5.70. The molecule has 0 bridgehead atoms. The first-order valence-corrected chi connectivity index (χ1v) is 8.10. The number of ether oxygens (including phenoxy) is 1. The lowest BCUT2D eigenvalue weighted by Crippen LogP contribution is -2.39. The minimum absolute atomic E-state index is 0. The highest BCUT2D eigenvalue weighted by Crippen LogP contribution is 2.18. The lowest BCUT2D eigenvalue weighted by atomic mass is 10.0. The van der Waals surface area contributed by atoms with E-state index in [-0.39, 0.29) is 36.3 Å². The predicted molar refractivity (Wildman–Crippen MR) is 98.0 cm³/mol. The molecular formula is C18H31ClN2O2. The minimum Gasteiger partial charge on any atom is -0.494 e. The molecule has 0 heterocycles. The zero-order valence-electron chi connectivity index (χ0n) is 14.8. The van der Waals surface area contributed by atoms with Crippen LogP contribution in [0, 0.1) is 11.8 Å². The monoisotopic (exact) mass is 342 g/mol. The van der Waals surface area contributed by atoms with Gasteiger partial charge in [0, 0.05) is 12.0 Å². The Bertz CT molecular complexity index is 461. The summed E-state index contributed by atoms with van der Waals surface area (Å²) in [4.78, 5) is 12.0. The number of halogens is 1. The van der Waals surface area contributed by atoms with E-state index in [1.807, 2.05) is 45.0 Å². The van der Waals surface area contributed by atoms with Gasteiger partial charge < -0.3 is 15.8 Å². The third-order valence-electron chi connectivity index (χ3n) is 3.91. The van der Waals surface area contributed by atoms with E-state index in [1.165, 1.54) is 0 Å². The first kappa shape index (κ1) is 21.7. The fraction of sp³-hybridized carbons (Fsp3) is 0.611.